The molecule has 1 aliphatic heterocycles. The van der Waals surface area contributed by atoms with Gasteiger partial charge >= 0.3 is 0 Å². The predicted molar refractivity (Wildman–Crippen MR) is 111 cm³/mol. The average molecular weight is 405 g/mol. The maximum atomic E-state index is 14.2. The van der Waals surface area contributed by atoms with E-state index in [1.54, 1.807) is 53.4 Å². The molecule has 0 N–H and O–H groups in total. The molecule has 0 radical (unpaired) electrons. The van der Waals surface area contributed by atoms with Crippen LogP contribution in [0.4, 0.5) is 4.39 Å². The van der Waals surface area contributed by atoms with E-state index in [2.05, 4.69) is 6.07 Å². The molecule has 3 aromatic rings. The SMILES string of the molecule is N#Cc1ccc(Cl)c(-c2ccc(C(=O)N3CCC[C@@H]3c3ccccc3F)cc2)c1. The summed E-state index contributed by atoms with van der Waals surface area (Å²) in [5.74, 6) is -0.390. The highest BCUT2D eigenvalue weighted by molar-refractivity contribution is 6.33. The zero-order valence-corrected chi connectivity index (χ0v) is 16.4. The van der Waals surface area contributed by atoms with Gasteiger partial charge in [-0.1, -0.05) is 41.9 Å². The Balaban J connectivity index is 1.60. The lowest BCUT2D eigenvalue weighted by atomic mass is 10.0. The molecule has 0 spiro atoms. The number of carbonyl (C=O) groups excluding carboxylic acids is 1. The maximum Gasteiger partial charge on any atom is 0.254 e. The molecular weight excluding hydrogens is 387 g/mol. The first-order valence-electron chi connectivity index (χ1n) is 9.44. The second kappa shape index (κ2) is 8.06. The van der Waals surface area contributed by atoms with Crippen LogP contribution in [0.1, 0.15) is 40.4 Å². The van der Waals surface area contributed by atoms with E-state index >= 15 is 0 Å². The van der Waals surface area contributed by atoms with Gasteiger partial charge in [0.25, 0.3) is 5.91 Å². The topological polar surface area (TPSA) is 44.1 Å². The average Bonchev–Trinajstić information content (AvgIpc) is 3.24. The number of rotatable bonds is 3. The van der Waals surface area contributed by atoms with Crippen LogP contribution in [0.25, 0.3) is 11.1 Å². The smallest absolute Gasteiger partial charge is 0.254 e. The van der Waals surface area contributed by atoms with Gasteiger partial charge in [-0.2, -0.15) is 5.26 Å². The fourth-order valence-electron chi connectivity index (χ4n) is 3.85. The molecule has 0 saturated carbocycles. The number of likely N-dealkylation sites (tertiary alicyclic amines) is 1. The highest BCUT2D eigenvalue weighted by atomic mass is 35.5. The zero-order chi connectivity index (χ0) is 20.4. The largest absolute Gasteiger partial charge is 0.331 e. The van der Waals surface area contributed by atoms with Crippen molar-refractivity contribution in [1.82, 2.24) is 4.90 Å². The van der Waals surface area contributed by atoms with E-state index in [4.69, 9.17) is 16.9 Å². The van der Waals surface area contributed by atoms with Crippen LogP contribution < -0.4 is 0 Å². The van der Waals surface area contributed by atoms with Crippen molar-refractivity contribution in [2.75, 3.05) is 6.54 Å². The van der Waals surface area contributed by atoms with Crippen molar-refractivity contribution < 1.29 is 9.18 Å². The van der Waals surface area contributed by atoms with Gasteiger partial charge in [-0.15, -0.1) is 0 Å². The van der Waals surface area contributed by atoms with Crippen molar-refractivity contribution in [3.8, 4) is 17.2 Å². The van der Waals surface area contributed by atoms with E-state index < -0.39 is 0 Å². The van der Waals surface area contributed by atoms with Crippen LogP contribution in [0.3, 0.4) is 0 Å². The molecule has 5 heteroatoms. The quantitative estimate of drug-likeness (QED) is 0.537. The molecule has 144 valence electrons. The Morgan fingerprint density at radius 3 is 2.59 bits per heavy atom. The molecule has 1 amide bonds. The number of nitriles is 1. The van der Waals surface area contributed by atoms with Gasteiger partial charge in [-0.3, -0.25) is 4.79 Å². The van der Waals surface area contributed by atoms with E-state index in [1.807, 2.05) is 12.1 Å². The minimum Gasteiger partial charge on any atom is -0.331 e. The van der Waals surface area contributed by atoms with E-state index in [1.165, 1.54) is 6.07 Å². The molecular formula is C24H18ClFN2O. The summed E-state index contributed by atoms with van der Waals surface area (Å²) in [5, 5.41) is 9.65. The molecule has 3 nitrogen and oxygen atoms in total. The number of hydrogen-bond acceptors (Lipinski definition) is 2. The molecule has 0 unspecified atom stereocenters. The normalized spacial score (nSPS) is 15.9. The molecule has 1 heterocycles. The van der Waals surface area contributed by atoms with Crippen molar-refractivity contribution in [3.63, 3.8) is 0 Å². The summed E-state index contributed by atoms with van der Waals surface area (Å²) in [6.45, 7) is 0.607. The van der Waals surface area contributed by atoms with Crippen LogP contribution in [0.5, 0.6) is 0 Å². The number of amides is 1. The summed E-state index contributed by atoms with van der Waals surface area (Å²) in [6, 6.07) is 20.7. The third-order valence-corrected chi connectivity index (χ3v) is 5.65. The number of carbonyl (C=O) groups is 1. The Morgan fingerprint density at radius 2 is 1.86 bits per heavy atom. The summed E-state index contributed by atoms with van der Waals surface area (Å²) in [6.07, 6.45) is 1.60. The van der Waals surface area contributed by atoms with Crippen molar-refractivity contribution in [2.24, 2.45) is 0 Å². The van der Waals surface area contributed by atoms with Gasteiger partial charge in [0.15, 0.2) is 0 Å². The highest BCUT2D eigenvalue weighted by Crippen LogP contribution is 2.35. The van der Waals surface area contributed by atoms with Gasteiger partial charge in [-0.25, -0.2) is 4.39 Å². The summed E-state index contributed by atoms with van der Waals surface area (Å²) in [7, 11) is 0. The van der Waals surface area contributed by atoms with Crippen molar-refractivity contribution in [2.45, 2.75) is 18.9 Å². The van der Waals surface area contributed by atoms with Crippen molar-refractivity contribution >= 4 is 17.5 Å². The predicted octanol–water partition coefficient (Wildman–Crippen LogP) is 6.00. The third-order valence-electron chi connectivity index (χ3n) is 5.32. The Bertz CT molecular complexity index is 1100. The van der Waals surface area contributed by atoms with Gasteiger partial charge in [0.1, 0.15) is 5.82 Å². The van der Waals surface area contributed by atoms with Gasteiger partial charge in [0, 0.05) is 28.3 Å². The summed E-state index contributed by atoms with van der Waals surface area (Å²) in [5.41, 5.74) is 3.21. The lowest BCUT2D eigenvalue weighted by molar-refractivity contribution is 0.0733. The molecule has 0 aliphatic carbocycles. The molecule has 0 bridgehead atoms. The molecule has 29 heavy (non-hydrogen) atoms. The first-order chi connectivity index (χ1) is 14.1. The molecule has 1 saturated heterocycles. The Kier molecular flexibility index (Phi) is 5.33. The molecule has 3 aromatic carbocycles. The molecule has 4 rings (SSSR count). The highest BCUT2D eigenvalue weighted by Gasteiger charge is 2.32. The summed E-state index contributed by atoms with van der Waals surface area (Å²) >= 11 is 6.28. The summed E-state index contributed by atoms with van der Waals surface area (Å²) in [4.78, 5) is 14.8. The van der Waals surface area contributed by atoms with Crippen LogP contribution >= 0.6 is 11.6 Å². The lowest BCUT2D eigenvalue weighted by Gasteiger charge is -2.25. The standard InChI is InChI=1S/C24H18ClFN2O/c25-21-12-7-16(15-27)14-20(21)17-8-10-18(11-9-17)24(29)28-13-3-6-23(28)19-4-1-2-5-22(19)26/h1-2,4-5,7-12,14,23H,3,6,13H2/t23-/m1/s1. The van der Waals surface area contributed by atoms with Gasteiger partial charge in [0.2, 0.25) is 0 Å². The lowest BCUT2D eigenvalue weighted by Crippen LogP contribution is -2.31. The van der Waals surface area contributed by atoms with Crippen molar-refractivity contribution in [1.29, 1.82) is 5.26 Å². The number of hydrogen-bond donors (Lipinski definition) is 0. The number of halogens is 2. The second-order valence-corrected chi connectivity index (χ2v) is 7.47. The van der Waals surface area contributed by atoms with Crippen LogP contribution in [0.2, 0.25) is 5.02 Å². The maximum absolute atomic E-state index is 14.2. The van der Waals surface area contributed by atoms with Crippen LogP contribution in [-0.2, 0) is 0 Å². The van der Waals surface area contributed by atoms with Crippen LogP contribution in [0.15, 0.2) is 66.7 Å². The Hall–Kier alpha value is -3.16. The fourth-order valence-corrected chi connectivity index (χ4v) is 4.08. The van der Waals surface area contributed by atoms with Gasteiger partial charge in [0.05, 0.1) is 17.7 Å². The Labute approximate surface area is 174 Å². The molecule has 0 aromatic heterocycles. The van der Waals surface area contributed by atoms with Gasteiger partial charge in [-0.05, 0) is 54.8 Å². The molecule has 1 aliphatic rings. The second-order valence-electron chi connectivity index (χ2n) is 7.06. The van der Waals surface area contributed by atoms with Crippen LogP contribution in [-0.4, -0.2) is 17.4 Å². The van der Waals surface area contributed by atoms with Crippen LogP contribution in [0, 0.1) is 17.1 Å². The summed E-state index contributed by atoms with van der Waals surface area (Å²) < 4.78 is 14.2. The minimum absolute atomic E-state index is 0.112. The number of nitrogens with zero attached hydrogens (tertiary/aromatic N) is 2. The minimum atomic E-state index is -0.278. The first-order valence-corrected chi connectivity index (χ1v) is 9.82. The monoisotopic (exact) mass is 404 g/mol. The molecule has 1 fully saturated rings. The van der Waals surface area contributed by atoms with Crippen molar-refractivity contribution in [3.05, 3.63) is 94.3 Å². The number of benzene rings is 3. The first kappa shape index (κ1) is 19.2. The van der Waals surface area contributed by atoms with E-state index in [9.17, 15) is 9.18 Å². The van der Waals surface area contributed by atoms with Gasteiger partial charge < -0.3 is 4.90 Å². The van der Waals surface area contributed by atoms with E-state index in [0.717, 1.165) is 24.0 Å². The van der Waals surface area contributed by atoms with E-state index in [-0.39, 0.29) is 17.8 Å². The molecule has 1 atom stereocenters. The fraction of sp³-hybridized carbons (Fsp3) is 0.167. The van der Waals surface area contributed by atoms with E-state index in [0.29, 0.717) is 28.3 Å². The Morgan fingerprint density at radius 1 is 1.10 bits per heavy atom. The zero-order valence-electron chi connectivity index (χ0n) is 15.6. The third kappa shape index (κ3) is 3.74.